The van der Waals surface area contributed by atoms with Crippen LogP contribution in [0.5, 0.6) is 0 Å². The first-order valence-electron chi connectivity index (χ1n) is 12.9. The number of benzene rings is 1. The molecule has 9 nitrogen and oxygen atoms in total. The Bertz CT molecular complexity index is 1300. The Balaban J connectivity index is 1.43. The minimum atomic E-state index is -1.19. The van der Waals surface area contributed by atoms with E-state index in [1.165, 1.54) is 4.90 Å². The van der Waals surface area contributed by atoms with Crippen LogP contribution in [-0.4, -0.2) is 81.9 Å². The Morgan fingerprint density at radius 3 is 2.51 bits per heavy atom. The first-order valence-corrected chi connectivity index (χ1v) is 12.9. The third-order valence-corrected chi connectivity index (χ3v) is 6.91. The van der Waals surface area contributed by atoms with Gasteiger partial charge >= 0.3 is 6.09 Å². The summed E-state index contributed by atoms with van der Waals surface area (Å²) in [6.45, 7) is 12.7. The number of hydrogen-bond donors (Lipinski definition) is 0. The van der Waals surface area contributed by atoms with E-state index in [2.05, 4.69) is 26.0 Å². The summed E-state index contributed by atoms with van der Waals surface area (Å²) >= 11 is 0. The highest BCUT2D eigenvalue weighted by molar-refractivity contribution is 5.82. The van der Waals surface area contributed by atoms with Crippen molar-refractivity contribution in [1.82, 2.24) is 24.6 Å². The Hall–Kier alpha value is -3.27. The molecule has 3 aromatic rings. The third-order valence-electron chi connectivity index (χ3n) is 6.91. The average molecular weight is 511 g/mol. The van der Waals surface area contributed by atoms with E-state index in [0.717, 1.165) is 40.9 Å². The maximum absolute atomic E-state index is 15.5. The zero-order valence-electron chi connectivity index (χ0n) is 22.2. The minimum Gasteiger partial charge on any atom is -0.444 e. The van der Waals surface area contributed by atoms with E-state index in [-0.39, 0.29) is 12.5 Å². The Morgan fingerprint density at radius 1 is 1.08 bits per heavy atom. The van der Waals surface area contributed by atoms with Crippen molar-refractivity contribution in [3.05, 3.63) is 41.3 Å². The molecular weight excluding hydrogens is 475 g/mol. The van der Waals surface area contributed by atoms with Gasteiger partial charge in [-0.1, -0.05) is 0 Å². The monoisotopic (exact) mass is 510 g/mol. The molecule has 0 aliphatic carbocycles. The smallest absolute Gasteiger partial charge is 0.410 e. The first kappa shape index (κ1) is 25.4. The van der Waals surface area contributed by atoms with Gasteiger partial charge in [-0.15, -0.1) is 0 Å². The molecule has 2 fully saturated rings. The number of ether oxygens (including phenoxy) is 2. The van der Waals surface area contributed by atoms with Crippen LogP contribution in [0.25, 0.3) is 16.7 Å². The highest BCUT2D eigenvalue weighted by atomic mass is 19.1. The lowest BCUT2D eigenvalue weighted by molar-refractivity contribution is 0.0111. The number of aryl methyl sites for hydroxylation is 2. The molecule has 2 unspecified atom stereocenters. The van der Waals surface area contributed by atoms with Gasteiger partial charge < -0.3 is 19.3 Å². The summed E-state index contributed by atoms with van der Waals surface area (Å²) in [5, 5.41) is 5.59. The molecule has 5 rings (SSSR count). The van der Waals surface area contributed by atoms with Crippen LogP contribution in [0.3, 0.4) is 0 Å². The van der Waals surface area contributed by atoms with Gasteiger partial charge in [0.05, 0.1) is 31.5 Å². The highest BCUT2D eigenvalue weighted by Gasteiger charge is 2.35. The number of halogens is 1. The molecule has 0 radical (unpaired) electrons. The second-order valence-corrected chi connectivity index (χ2v) is 10.9. The molecule has 4 heterocycles. The summed E-state index contributed by atoms with van der Waals surface area (Å²) in [4.78, 5) is 25.4. The molecule has 2 atom stereocenters. The molecule has 2 aliphatic heterocycles. The Kier molecular flexibility index (Phi) is 6.78. The maximum Gasteiger partial charge on any atom is 0.410 e. The number of morpholine rings is 1. The van der Waals surface area contributed by atoms with Gasteiger partial charge in [-0.2, -0.15) is 5.10 Å². The van der Waals surface area contributed by atoms with Crippen molar-refractivity contribution in [3.63, 3.8) is 0 Å². The number of hydrogen-bond acceptors (Lipinski definition) is 7. The zero-order chi connectivity index (χ0) is 26.3. The van der Waals surface area contributed by atoms with Crippen molar-refractivity contribution in [1.29, 1.82) is 0 Å². The van der Waals surface area contributed by atoms with Gasteiger partial charge in [0, 0.05) is 37.0 Å². The van der Waals surface area contributed by atoms with Gasteiger partial charge in [0.1, 0.15) is 23.4 Å². The van der Waals surface area contributed by atoms with Crippen LogP contribution in [-0.2, 0) is 9.47 Å². The lowest BCUT2D eigenvalue weighted by atomic mass is 9.85. The molecule has 0 saturated carbocycles. The van der Waals surface area contributed by atoms with E-state index in [1.54, 1.807) is 4.68 Å². The quantitative estimate of drug-likeness (QED) is 0.518. The van der Waals surface area contributed by atoms with Gasteiger partial charge in [0.25, 0.3) is 0 Å². The second-order valence-electron chi connectivity index (χ2n) is 10.9. The average Bonchev–Trinajstić information content (AvgIpc) is 3.25. The second kappa shape index (κ2) is 9.89. The minimum absolute atomic E-state index is 0.0182. The summed E-state index contributed by atoms with van der Waals surface area (Å²) in [5.41, 5.74) is 2.21. The number of piperidine rings is 1. The standard InChI is InChI=1S/C27H35FN6O3/c1-17-12-19-15-29-34(25-14-24(30-18(2)31-25)32-8-10-36-11-9-32)23(19)13-21(17)20-6-7-33(16-22(20)28)26(35)37-27(3,4)5/h12-15,20,22H,6-11,16H2,1-5H3. The van der Waals surface area contributed by atoms with Gasteiger partial charge in [-0.05, 0) is 64.3 Å². The Morgan fingerprint density at radius 2 is 1.81 bits per heavy atom. The fourth-order valence-electron chi connectivity index (χ4n) is 5.13. The first-order chi connectivity index (χ1) is 17.6. The van der Waals surface area contributed by atoms with Crippen LogP contribution in [0.2, 0.25) is 0 Å². The number of alkyl halides is 1. The van der Waals surface area contributed by atoms with E-state index >= 15 is 4.39 Å². The van der Waals surface area contributed by atoms with Crippen molar-refractivity contribution in [2.75, 3.05) is 44.3 Å². The van der Waals surface area contributed by atoms with Gasteiger partial charge in [0.2, 0.25) is 0 Å². The third kappa shape index (κ3) is 5.39. The molecule has 2 aliphatic rings. The summed E-state index contributed by atoms with van der Waals surface area (Å²) in [7, 11) is 0. The van der Waals surface area contributed by atoms with Gasteiger partial charge in [0.15, 0.2) is 5.82 Å². The van der Waals surface area contributed by atoms with E-state index in [0.29, 0.717) is 37.8 Å². The fraction of sp³-hybridized carbons (Fsp3) is 0.556. The largest absolute Gasteiger partial charge is 0.444 e. The van der Waals surface area contributed by atoms with Gasteiger partial charge in [-0.3, -0.25) is 0 Å². The number of carbonyl (C=O) groups excluding carboxylic acids is 1. The number of likely N-dealkylation sites (tertiary alicyclic amines) is 1. The topological polar surface area (TPSA) is 85.6 Å². The number of nitrogens with zero attached hydrogens (tertiary/aromatic N) is 6. The fourth-order valence-corrected chi connectivity index (χ4v) is 5.13. The summed E-state index contributed by atoms with van der Waals surface area (Å²) in [6.07, 6.45) is 0.682. The normalized spacial score (nSPS) is 20.9. The number of anilines is 1. The number of amides is 1. The Labute approximate surface area is 216 Å². The van der Waals surface area contributed by atoms with Crippen molar-refractivity contribution in [3.8, 4) is 5.82 Å². The molecule has 0 N–H and O–H groups in total. The van der Waals surface area contributed by atoms with E-state index in [1.807, 2.05) is 52.9 Å². The van der Waals surface area contributed by atoms with Crippen LogP contribution in [0.1, 0.15) is 50.1 Å². The number of aromatic nitrogens is 4. The van der Waals surface area contributed by atoms with Crippen LogP contribution >= 0.6 is 0 Å². The van der Waals surface area contributed by atoms with Crippen molar-refractivity contribution in [2.24, 2.45) is 0 Å². The summed E-state index contributed by atoms with van der Waals surface area (Å²) in [6, 6.07) is 6.03. The number of rotatable bonds is 3. The number of fused-ring (bicyclic) bond motifs is 1. The van der Waals surface area contributed by atoms with E-state index < -0.39 is 17.9 Å². The summed E-state index contributed by atoms with van der Waals surface area (Å²) in [5.74, 6) is 1.87. The van der Waals surface area contributed by atoms with Crippen molar-refractivity contribution in [2.45, 2.75) is 58.7 Å². The molecule has 2 saturated heterocycles. The molecule has 0 spiro atoms. The summed E-state index contributed by atoms with van der Waals surface area (Å²) < 4.78 is 28.2. The van der Waals surface area contributed by atoms with Crippen LogP contribution in [0.4, 0.5) is 15.0 Å². The maximum atomic E-state index is 15.5. The molecule has 198 valence electrons. The van der Waals surface area contributed by atoms with Crippen molar-refractivity contribution >= 4 is 22.8 Å². The zero-order valence-corrected chi connectivity index (χ0v) is 22.2. The van der Waals surface area contributed by atoms with E-state index in [9.17, 15) is 4.79 Å². The number of carbonyl (C=O) groups is 1. The van der Waals surface area contributed by atoms with Crippen molar-refractivity contribution < 1.29 is 18.7 Å². The van der Waals surface area contributed by atoms with Gasteiger partial charge in [-0.25, -0.2) is 23.8 Å². The van der Waals surface area contributed by atoms with Crippen LogP contribution in [0, 0.1) is 13.8 Å². The van der Waals surface area contributed by atoms with E-state index in [4.69, 9.17) is 9.47 Å². The van der Waals surface area contributed by atoms with Crippen LogP contribution < -0.4 is 4.90 Å². The molecule has 10 heteroatoms. The molecule has 1 amide bonds. The predicted molar refractivity (Wildman–Crippen MR) is 139 cm³/mol. The molecular formula is C27H35FN6O3. The predicted octanol–water partition coefficient (Wildman–Crippen LogP) is 4.33. The molecule has 1 aromatic carbocycles. The molecule has 0 bridgehead atoms. The SMILES string of the molecule is Cc1nc(N2CCOCC2)cc(-n2ncc3cc(C)c(C4CCN(C(=O)OC(C)(C)C)CC4F)cc32)n1. The molecule has 2 aromatic heterocycles. The van der Waals surface area contributed by atoms with Crippen LogP contribution in [0.15, 0.2) is 24.4 Å². The lowest BCUT2D eigenvalue weighted by Gasteiger charge is -2.36. The lowest BCUT2D eigenvalue weighted by Crippen LogP contribution is -2.46. The highest BCUT2D eigenvalue weighted by Crippen LogP contribution is 2.35. The molecule has 37 heavy (non-hydrogen) atoms.